The van der Waals surface area contributed by atoms with E-state index in [4.69, 9.17) is 0 Å². The van der Waals surface area contributed by atoms with Crippen LogP contribution in [0.2, 0.25) is 0 Å². The van der Waals surface area contributed by atoms with Crippen molar-refractivity contribution in [1.82, 2.24) is 0 Å². The lowest BCUT2D eigenvalue weighted by atomic mass is 10.0. The van der Waals surface area contributed by atoms with Crippen molar-refractivity contribution in [3.8, 4) is 0 Å². The molecule has 0 bridgehead atoms. The highest BCUT2D eigenvalue weighted by Crippen LogP contribution is 2.34. The summed E-state index contributed by atoms with van der Waals surface area (Å²) in [6, 6.07) is 14.7. The predicted molar refractivity (Wildman–Crippen MR) is 92.2 cm³/mol. The summed E-state index contributed by atoms with van der Waals surface area (Å²) in [5, 5.41) is 6.74. The van der Waals surface area contributed by atoms with Crippen molar-refractivity contribution >= 4 is 29.3 Å². The van der Waals surface area contributed by atoms with Gasteiger partial charge in [-0.15, -0.1) is 0 Å². The molecule has 0 saturated heterocycles. The maximum Gasteiger partial charge on any atom is 0.212 e. The minimum absolute atomic E-state index is 0.519. The number of hydrogen-bond acceptors (Lipinski definition) is 4. The standard InChI is InChI=1S/C17H19N3S/c1-11(2)13-7-5-8-14(10-13)18-17-19-16-12(3)6-4-9-15(16)21-20-17/h4-11H,1-3H3,(H2,18,19,20). The van der Waals surface area contributed by atoms with Crippen LogP contribution in [0.5, 0.6) is 0 Å². The molecule has 108 valence electrons. The molecule has 4 heteroatoms. The molecule has 3 nitrogen and oxygen atoms in total. The highest BCUT2D eigenvalue weighted by molar-refractivity contribution is 7.98. The Kier molecular flexibility index (Phi) is 3.88. The molecule has 0 unspecified atom stereocenters. The second-order valence-electron chi connectivity index (χ2n) is 5.51. The van der Waals surface area contributed by atoms with E-state index >= 15 is 0 Å². The molecule has 2 aromatic carbocycles. The molecule has 1 aliphatic rings. The topological polar surface area (TPSA) is 36.4 Å². The van der Waals surface area contributed by atoms with E-state index < -0.39 is 0 Å². The maximum atomic E-state index is 4.49. The number of aryl methyl sites for hydroxylation is 1. The summed E-state index contributed by atoms with van der Waals surface area (Å²) >= 11 is 1.50. The Morgan fingerprint density at radius 3 is 2.76 bits per heavy atom. The highest BCUT2D eigenvalue weighted by atomic mass is 32.2. The smallest absolute Gasteiger partial charge is 0.212 e. The zero-order valence-electron chi connectivity index (χ0n) is 12.5. The highest BCUT2D eigenvalue weighted by Gasteiger charge is 2.14. The second-order valence-corrected chi connectivity index (χ2v) is 6.31. The van der Waals surface area contributed by atoms with Crippen LogP contribution in [0.1, 0.15) is 30.9 Å². The molecule has 3 rings (SSSR count). The van der Waals surface area contributed by atoms with Gasteiger partial charge in [-0.05, 0) is 42.2 Å². The monoisotopic (exact) mass is 297 g/mol. The normalized spacial score (nSPS) is 13.4. The van der Waals surface area contributed by atoms with Gasteiger partial charge in [0, 0.05) is 17.6 Å². The molecule has 1 heterocycles. The number of fused-ring (bicyclic) bond motifs is 1. The van der Waals surface area contributed by atoms with Gasteiger partial charge in [-0.25, -0.2) is 0 Å². The van der Waals surface area contributed by atoms with Crippen LogP contribution in [0.25, 0.3) is 0 Å². The van der Waals surface area contributed by atoms with E-state index in [1.807, 2.05) is 0 Å². The first-order valence-corrected chi connectivity index (χ1v) is 7.89. The first-order valence-electron chi connectivity index (χ1n) is 7.12. The summed E-state index contributed by atoms with van der Waals surface area (Å²) in [5.74, 6) is 1.30. The van der Waals surface area contributed by atoms with E-state index in [9.17, 15) is 0 Å². The lowest BCUT2D eigenvalue weighted by molar-refractivity contribution is 0.867. The van der Waals surface area contributed by atoms with Gasteiger partial charge in [-0.3, -0.25) is 0 Å². The van der Waals surface area contributed by atoms with Crippen molar-refractivity contribution in [2.45, 2.75) is 31.6 Å². The van der Waals surface area contributed by atoms with Crippen LogP contribution < -0.4 is 10.6 Å². The Morgan fingerprint density at radius 1 is 1.14 bits per heavy atom. The third-order valence-electron chi connectivity index (χ3n) is 3.53. The lowest BCUT2D eigenvalue weighted by Gasteiger charge is -2.20. The number of nitrogens with one attached hydrogen (secondary N) is 2. The fourth-order valence-corrected chi connectivity index (χ4v) is 3.00. The van der Waals surface area contributed by atoms with E-state index in [1.54, 1.807) is 0 Å². The van der Waals surface area contributed by atoms with E-state index in [0.717, 1.165) is 22.2 Å². The number of hydrogen-bond donors (Lipinski definition) is 2. The van der Waals surface area contributed by atoms with Crippen molar-refractivity contribution < 1.29 is 0 Å². The number of para-hydroxylation sites is 1. The first-order chi connectivity index (χ1) is 10.1. The Balaban J connectivity index is 1.79. The average Bonchev–Trinajstić information content (AvgIpc) is 2.48. The van der Waals surface area contributed by atoms with Gasteiger partial charge in [-0.1, -0.05) is 38.1 Å². The lowest BCUT2D eigenvalue weighted by Crippen LogP contribution is -2.24. The minimum Gasteiger partial charge on any atom is -0.325 e. The summed E-state index contributed by atoms with van der Waals surface area (Å²) < 4.78 is 4.49. The summed E-state index contributed by atoms with van der Waals surface area (Å²) in [5.41, 5.74) is 4.75. The predicted octanol–water partition coefficient (Wildman–Crippen LogP) is 5.02. The molecule has 2 aromatic rings. The fourth-order valence-electron chi connectivity index (χ4n) is 2.28. The zero-order chi connectivity index (χ0) is 14.8. The van der Waals surface area contributed by atoms with Gasteiger partial charge < -0.3 is 10.6 Å². The first kappa shape index (κ1) is 14.0. The number of anilines is 2. The Labute approximate surface area is 130 Å². The van der Waals surface area contributed by atoms with Crippen LogP contribution in [0, 0.1) is 6.92 Å². The molecule has 0 aliphatic carbocycles. The minimum atomic E-state index is 0.519. The average molecular weight is 297 g/mol. The van der Waals surface area contributed by atoms with Gasteiger partial charge in [0.15, 0.2) is 0 Å². The summed E-state index contributed by atoms with van der Waals surface area (Å²) in [6.07, 6.45) is 0. The number of rotatable bonds is 2. The SMILES string of the molecule is Cc1cccc2c1NC(Nc1cccc(C(C)C)c1)=NS2. The summed E-state index contributed by atoms with van der Waals surface area (Å²) in [4.78, 5) is 1.16. The van der Waals surface area contributed by atoms with Crippen molar-refractivity contribution in [3.05, 3.63) is 53.6 Å². The Morgan fingerprint density at radius 2 is 1.95 bits per heavy atom. The van der Waals surface area contributed by atoms with Crippen molar-refractivity contribution in [2.24, 2.45) is 4.40 Å². The van der Waals surface area contributed by atoms with Crippen LogP contribution in [-0.2, 0) is 0 Å². The van der Waals surface area contributed by atoms with Crippen molar-refractivity contribution in [2.75, 3.05) is 10.6 Å². The van der Waals surface area contributed by atoms with Gasteiger partial charge in [-0.2, -0.15) is 4.40 Å². The van der Waals surface area contributed by atoms with Gasteiger partial charge in [0.05, 0.1) is 10.6 Å². The van der Waals surface area contributed by atoms with Gasteiger partial charge in [0.25, 0.3) is 0 Å². The molecule has 0 spiro atoms. The van der Waals surface area contributed by atoms with Crippen LogP contribution >= 0.6 is 11.9 Å². The molecule has 21 heavy (non-hydrogen) atoms. The van der Waals surface area contributed by atoms with E-state index in [1.165, 1.54) is 23.1 Å². The molecular formula is C17H19N3S. The molecule has 0 fully saturated rings. The Hall–Kier alpha value is -1.94. The van der Waals surface area contributed by atoms with Crippen molar-refractivity contribution in [1.29, 1.82) is 0 Å². The van der Waals surface area contributed by atoms with Crippen LogP contribution in [-0.4, -0.2) is 5.96 Å². The van der Waals surface area contributed by atoms with Crippen LogP contribution in [0.3, 0.4) is 0 Å². The second kappa shape index (κ2) is 5.82. The van der Waals surface area contributed by atoms with E-state index in [2.05, 4.69) is 78.3 Å². The molecule has 0 amide bonds. The zero-order valence-corrected chi connectivity index (χ0v) is 13.3. The molecule has 0 saturated carbocycles. The third kappa shape index (κ3) is 3.05. The quantitative estimate of drug-likeness (QED) is 0.764. The maximum absolute atomic E-state index is 4.49. The Bertz CT molecular complexity index is 692. The van der Waals surface area contributed by atoms with Gasteiger partial charge in [0.2, 0.25) is 5.96 Å². The van der Waals surface area contributed by atoms with Crippen LogP contribution in [0.4, 0.5) is 11.4 Å². The van der Waals surface area contributed by atoms with Gasteiger partial charge >= 0.3 is 0 Å². The molecule has 0 aromatic heterocycles. The van der Waals surface area contributed by atoms with Crippen LogP contribution in [0.15, 0.2) is 51.8 Å². The fraction of sp³-hybridized carbons (Fsp3) is 0.235. The number of benzene rings is 2. The van der Waals surface area contributed by atoms with Crippen molar-refractivity contribution in [3.63, 3.8) is 0 Å². The molecule has 0 radical (unpaired) electrons. The molecule has 2 N–H and O–H groups in total. The third-order valence-corrected chi connectivity index (χ3v) is 4.34. The number of nitrogens with zero attached hydrogens (tertiary/aromatic N) is 1. The largest absolute Gasteiger partial charge is 0.325 e. The number of guanidine groups is 1. The summed E-state index contributed by atoms with van der Waals surface area (Å²) in [7, 11) is 0. The summed E-state index contributed by atoms with van der Waals surface area (Å²) in [6.45, 7) is 6.50. The molecule has 1 aliphatic heterocycles. The van der Waals surface area contributed by atoms with Gasteiger partial charge in [0.1, 0.15) is 0 Å². The molecular weight excluding hydrogens is 278 g/mol. The van der Waals surface area contributed by atoms with E-state index in [-0.39, 0.29) is 0 Å². The van der Waals surface area contributed by atoms with E-state index in [0.29, 0.717) is 5.92 Å². The molecule has 0 atom stereocenters.